The summed E-state index contributed by atoms with van der Waals surface area (Å²) >= 11 is 12.5. The molecule has 2 aromatic carbocycles. The first-order valence-electron chi connectivity index (χ1n) is 6.80. The molecule has 112 valence electrons. The summed E-state index contributed by atoms with van der Waals surface area (Å²) in [6, 6.07) is 12.9. The second kappa shape index (κ2) is 7.66. The predicted molar refractivity (Wildman–Crippen MR) is 87.9 cm³/mol. The van der Waals surface area contributed by atoms with Crippen LogP contribution in [-0.2, 0) is 0 Å². The number of hydrazine groups is 1. The molecule has 0 aliphatic carbocycles. The third kappa shape index (κ3) is 3.89. The van der Waals surface area contributed by atoms with E-state index in [2.05, 4.69) is 12.3 Å². The van der Waals surface area contributed by atoms with Crippen molar-refractivity contribution in [1.82, 2.24) is 5.43 Å². The van der Waals surface area contributed by atoms with Gasteiger partial charge in [-0.1, -0.05) is 48.3 Å². The molecule has 0 fully saturated rings. The largest absolute Gasteiger partial charge is 0.494 e. The van der Waals surface area contributed by atoms with Gasteiger partial charge >= 0.3 is 0 Å². The summed E-state index contributed by atoms with van der Waals surface area (Å²) in [5.41, 5.74) is 4.51. The lowest BCUT2D eigenvalue weighted by molar-refractivity contribution is 0.317. The zero-order valence-corrected chi connectivity index (χ0v) is 13.3. The van der Waals surface area contributed by atoms with Crippen molar-refractivity contribution in [2.24, 2.45) is 5.84 Å². The van der Waals surface area contributed by atoms with E-state index in [4.69, 9.17) is 33.8 Å². The molecule has 0 aliphatic rings. The Balaban J connectivity index is 2.29. The summed E-state index contributed by atoms with van der Waals surface area (Å²) in [6.45, 7) is 2.77. The van der Waals surface area contributed by atoms with Crippen molar-refractivity contribution in [3.05, 3.63) is 63.6 Å². The Bertz CT molecular complexity index is 567. The van der Waals surface area contributed by atoms with Gasteiger partial charge in [0.05, 0.1) is 12.6 Å². The summed E-state index contributed by atoms with van der Waals surface area (Å²) in [5, 5.41) is 1.16. The number of nitrogens with one attached hydrogen (secondary N) is 1. The minimum atomic E-state index is -0.272. The van der Waals surface area contributed by atoms with E-state index in [0.717, 1.165) is 23.3 Å². The van der Waals surface area contributed by atoms with Gasteiger partial charge in [0.25, 0.3) is 0 Å². The van der Waals surface area contributed by atoms with Crippen molar-refractivity contribution < 1.29 is 4.74 Å². The van der Waals surface area contributed by atoms with Crippen LogP contribution in [0.1, 0.15) is 30.5 Å². The lowest BCUT2D eigenvalue weighted by Gasteiger charge is -2.20. The van der Waals surface area contributed by atoms with E-state index >= 15 is 0 Å². The van der Waals surface area contributed by atoms with Crippen molar-refractivity contribution in [3.63, 3.8) is 0 Å². The second-order valence-electron chi connectivity index (χ2n) is 4.65. The number of hydrogen-bond donors (Lipinski definition) is 2. The number of hydrogen-bond acceptors (Lipinski definition) is 3. The fourth-order valence-corrected chi connectivity index (χ4v) is 2.72. The first-order chi connectivity index (χ1) is 10.2. The number of halogens is 2. The highest BCUT2D eigenvalue weighted by atomic mass is 35.5. The smallest absolute Gasteiger partial charge is 0.119 e. The monoisotopic (exact) mass is 324 g/mol. The van der Waals surface area contributed by atoms with Gasteiger partial charge in [-0.2, -0.15) is 0 Å². The van der Waals surface area contributed by atoms with E-state index in [1.165, 1.54) is 0 Å². The van der Waals surface area contributed by atoms with E-state index in [1.54, 1.807) is 12.1 Å². The van der Waals surface area contributed by atoms with Crippen LogP contribution in [0.3, 0.4) is 0 Å². The highest BCUT2D eigenvalue weighted by Crippen LogP contribution is 2.34. The molecule has 1 unspecified atom stereocenters. The Morgan fingerprint density at radius 1 is 1.10 bits per heavy atom. The van der Waals surface area contributed by atoms with Crippen LogP contribution in [-0.4, -0.2) is 6.61 Å². The average Bonchev–Trinajstić information content (AvgIpc) is 2.50. The van der Waals surface area contributed by atoms with Crippen molar-refractivity contribution in [1.29, 1.82) is 0 Å². The van der Waals surface area contributed by atoms with Gasteiger partial charge in [0.15, 0.2) is 0 Å². The normalized spacial score (nSPS) is 12.2. The summed E-state index contributed by atoms with van der Waals surface area (Å²) in [6.07, 6.45) is 0.976. The van der Waals surface area contributed by atoms with Crippen LogP contribution in [0.2, 0.25) is 10.0 Å². The van der Waals surface area contributed by atoms with Crippen LogP contribution in [0.25, 0.3) is 0 Å². The molecular weight excluding hydrogens is 307 g/mol. The Morgan fingerprint density at radius 2 is 1.71 bits per heavy atom. The van der Waals surface area contributed by atoms with Gasteiger partial charge in [-0.25, -0.2) is 5.43 Å². The molecule has 0 aromatic heterocycles. The minimum absolute atomic E-state index is 0.272. The van der Waals surface area contributed by atoms with Crippen LogP contribution >= 0.6 is 23.2 Å². The van der Waals surface area contributed by atoms with Crippen LogP contribution in [0.4, 0.5) is 0 Å². The molecule has 2 aromatic rings. The second-order valence-corrected chi connectivity index (χ2v) is 5.47. The minimum Gasteiger partial charge on any atom is -0.494 e. The maximum absolute atomic E-state index is 6.25. The molecule has 3 N–H and O–H groups in total. The molecule has 21 heavy (non-hydrogen) atoms. The SMILES string of the molecule is CCCOc1ccc(C(NN)c2c(Cl)cccc2Cl)cc1. The molecule has 0 bridgehead atoms. The van der Waals surface area contributed by atoms with Crippen LogP contribution in [0, 0.1) is 0 Å². The predicted octanol–water partition coefficient (Wildman–Crippen LogP) is 4.33. The van der Waals surface area contributed by atoms with Gasteiger partial charge in [-0.05, 0) is 36.2 Å². The average molecular weight is 325 g/mol. The van der Waals surface area contributed by atoms with E-state index in [9.17, 15) is 0 Å². The standard InChI is InChI=1S/C16H18Cl2N2O/c1-2-10-21-12-8-6-11(7-9-12)16(20-19)15-13(17)4-3-5-14(15)18/h3-9,16,20H,2,10,19H2,1H3. The number of benzene rings is 2. The molecule has 0 spiro atoms. The van der Waals surface area contributed by atoms with Crippen molar-refractivity contribution in [2.45, 2.75) is 19.4 Å². The molecule has 2 rings (SSSR count). The fourth-order valence-electron chi connectivity index (χ4n) is 2.11. The molecule has 0 heterocycles. The highest BCUT2D eigenvalue weighted by molar-refractivity contribution is 6.36. The third-order valence-electron chi connectivity index (χ3n) is 3.14. The van der Waals surface area contributed by atoms with Gasteiger partial charge in [0.1, 0.15) is 5.75 Å². The van der Waals surface area contributed by atoms with Crippen LogP contribution in [0.15, 0.2) is 42.5 Å². The number of nitrogens with two attached hydrogens (primary N) is 1. The third-order valence-corrected chi connectivity index (χ3v) is 3.80. The van der Waals surface area contributed by atoms with E-state index in [-0.39, 0.29) is 6.04 Å². The van der Waals surface area contributed by atoms with E-state index in [1.807, 2.05) is 30.3 Å². The number of ether oxygens (including phenoxy) is 1. The van der Waals surface area contributed by atoms with Crippen molar-refractivity contribution in [3.8, 4) is 5.75 Å². The van der Waals surface area contributed by atoms with Crippen molar-refractivity contribution >= 4 is 23.2 Å². The lowest BCUT2D eigenvalue weighted by atomic mass is 9.99. The summed E-state index contributed by atoms with van der Waals surface area (Å²) < 4.78 is 5.57. The highest BCUT2D eigenvalue weighted by Gasteiger charge is 2.18. The Labute approximate surface area is 135 Å². The first-order valence-corrected chi connectivity index (χ1v) is 7.55. The zero-order valence-electron chi connectivity index (χ0n) is 11.8. The summed E-state index contributed by atoms with van der Waals surface area (Å²) in [4.78, 5) is 0. The quantitative estimate of drug-likeness (QED) is 0.614. The Morgan fingerprint density at radius 3 is 2.24 bits per heavy atom. The van der Waals surface area contributed by atoms with E-state index in [0.29, 0.717) is 16.7 Å². The summed E-state index contributed by atoms with van der Waals surface area (Å²) in [7, 11) is 0. The number of rotatable bonds is 6. The molecule has 3 nitrogen and oxygen atoms in total. The van der Waals surface area contributed by atoms with Gasteiger partial charge < -0.3 is 4.74 Å². The Kier molecular flexibility index (Phi) is 5.88. The van der Waals surface area contributed by atoms with Gasteiger partial charge in [-0.15, -0.1) is 0 Å². The van der Waals surface area contributed by atoms with Crippen molar-refractivity contribution in [2.75, 3.05) is 6.61 Å². The molecule has 1 atom stereocenters. The zero-order chi connectivity index (χ0) is 15.2. The molecule has 0 radical (unpaired) electrons. The fraction of sp³-hybridized carbons (Fsp3) is 0.250. The topological polar surface area (TPSA) is 47.3 Å². The van der Waals surface area contributed by atoms with Gasteiger partial charge in [0.2, 0.25) is 0 Å². The van der Waals surface area contributed by atoms with Crippen LogP contribution in [0.5, 0.6) is 5.75 Å². The molecule has 0 aliphatic heterocycles. The van der Waals surface area contributed by atoms with E-state index < -0.39 is 0 Å². The summed E-state index contributed by atoms with van der Waals surface area (Å²) in [5.74, 6) is 6.53. The van der Waals surface area contributed by atoms with Gasteiger partial charge in [0, 0.05) is 15.6 Å². The molecule has 5 heteroatoms. The molecule has 0 amide bonds. The lowest BCUT2D eigenvalue weighted by Crippen LogP contribution is -2.29. The Hall–Kier alpha value is -1.26. The van der Waals surface area contributed by atoms with Crippen LogP contribution < -0.4 is 16.0 Å². The van der Waals surface area contributed by atoms with Gasteiger partial charge in [-0.3, -0.25) is 5.84 Å². The molecule has 0 saturated carbocycles. The molecular formula is C16H18Cl2N2O. The maximum Gasteiger partial charge on any atom is 0.119 e. The molecule has 0 saturated heterocycles. The first kappa shape index (κ1) is 16.1. The maximum atomic E-state index is 6.25.